The van der Waals surface area contributed by atoms with Crippen molar-refractivity contribution in [2.24, 2.45) is 0 Å². The standard InChI is InChI=1S/C19H19F8NO9S2/c1-2-11-7-13(39(23,24,25,26)27)8-12-9-14(16(19(20,21)22)37-15(11)12)17(29)34-10-35-18(30)33-3-5-38-6-4-36-28(31)32/h7-9,16H,2-6,10H2,1H3/t16-/m0/s1. The lowest BCUT2D eigenvalue weighted by Gasteiger charge is -2.41. The molecule has 0 unspecified atom stereocenters. The number of hydrogen-bond donors (Lipinski definition) is 0. The molecule has 0 fully saturated rings. The lowest BCUT2D eigenvalue weighted by atomic mass is 9.98. The van der Waals surface area contributed by atoms with Gasteiger partial charge in [-0.15, -0.1) is 10.1 Å². The second-order valence-electron chi connectivity index (χ2n) is 7.42. The second-order valence-corrected chi connectivity index (χ2v) is 11.1. The van der Waals surface area contributed by atoms with E-state index in [4.69, 9.17) is 4.74 Å². The summed E-state index contributed by atoms with van der Waals surface area (Å²) in [7, 11) is -10.3. The number of halogens is 8. The van der Waals surface area contributed by atoms with Gasteiger partial charge in [-0.05, 0) is 30.2 Å². The molecular weight excluding hydrogens is 602 g/mol. The molecule has 0 aliphatic carbocycles. The number of thioether (sulfide) groups is 1. The predicted molar refractivity (Wildman–Crippen MR) is 119 cm³/mol. The van der Waals surface area contributed by atoms with E-state index in [0.717, 1.165) is 11.8 Å². The van der Waals surface area contributed by atoms with Gasteiger partial charge in [-0.3, -0.25) is 0 Å². The van der Waals surface area contributed by atoms with E-state index < -0.39 is 80.3 Å². The van der Waals surface area contributed by atoms with E-state index in [0.29, 0.717) is 0 Å². The van der Waals surface area contributed by atoms with Crippen LogP contribution in [0, 0.1) is 10.1 Å². The van der Waals surface area contributed by atoms with Crippen LogP contribution in [0.4, 0.5) is 37.4 Å². The monoisotopic (exact) mass is 621 g/mol. The zero-order chi connectivity index (χ0) is 29.7. The van der Waals surface area contributed by atoms with Gasteiger partial charge in [0.2, 0.25) is 12.9 Å². The third-order valence-electron chi connectivity index (χ3n) is 4.60. The Hall–Kier alpha value is -3.16. The summed E-state index contributed by atoms with van der Waals surface area (Å²) in [5.41, 5.74) is -2.86. The fourth-order valence-electron chi connectivity index (χ4n) is 2.97. The van der Waals surface area contributed by atoms with Gasteiger partial charge in [0.15, 0.2) is 0 Å². The zero-order valence-corrected chi connectivity index (χ0v) is 21.1. The van der Waals surface area contributed by atoms with Gasteiger partial charge in [-0.2, -0.15) is 24.9 Å². The normalized spacial score (nSPS) is 16.9. The topological polar surface area (TPSA) is 123 Å². The Kier molecular flexibility index (Phi) is 9.16. The molecule has 1 aliphatic rings. The molecule has 0 saturated heterocycles. The minimum Gasteiger partial charge on any atom is -0.475 e. The Bertz CT molecular complexity index is 1140. The molecule has 1 atom stereocenters. The maximum absolute atomic E-state index is 13.6. The molecule has 20 heteroatoms. The minimum absolute atomic E-state index is 0.0106. The van der Waals surface area contributed by atoms with Gasteiger partial charge in [-0.25, -0.2) is 9.59 Å². The Morgan fingerprint density at radius 3 is 2.28 bits per heavy atom. The third-order valence-corrected chi connectivity index (χ3v) is 6.63. The first-order valence-electron chi connectivity index (χ1n) is 10.4. The first kappa shape index (κ1) is 32.1. The van der Waals surface area contributed by atoms with Crippen LogP contribution in [0.1, 0.15) is 18.1 Å². The molecule has 10 nitrogen and oxygen atoms in total. The Morgan fingerprint density at radius 2 is 1.72 bits per heavy atom. The summed E-state index contributed by atoms with van der Waals surface area (Å²) >= 11 is 1.10. The third kappa shape index (κ3) is 9.52. The summed E-state index contributed by atoms with van der Waals surface area (Å²) in [6.45, 7) is -0.565. The van der Waals surface area contributed by atoms with Crippen molar-refractivity contribution in [2.75, 3.05) is 31.5 Å². The number of benzene rings is 1. The summed E-state index contributed by atoms with van der Waals surface area (Å²) in [4.78, 5) is 35.4. The highest BCUT2D eigenvalue weighted by atomic mass is 32.5. The Labute approximate surface area is 218 Å². The van der Waals surface area contributed by atoms with Crippen molar-refractivity contribution in [1.29, 1.82) is 0 Å². The number of rotatable bonds is 12. The van der Waals surface area contributed by atoms with Crippen LogP contribution in [0.15, 0.2) is 22.6 Å². The van der Waals surface area contributed by atoms with E-state index in [1.165, 1.54) is 6.92 Å². The first-order chi connectivity index (χ1) is 17.7. The van der Waals surface area contributed by atoms with Crippen molar-refractivity contribution >= 4 is 40.2 Å². The highest BCUT2D eigenvalue weighted by Crippen LogP contribution is 3.02. The van der Waals surface area contributed by atoms with E-state index in [1.807, 2.05) is 0 Å². The second kappa shape index (κ2) is 11.1. The fraction of sp³-hybridized carbons (Fsp3) is 0.474. The highest BCUT2D eigenvalue weighted by Gasteiger charge is 2.66. The summed E-state index contributed by atoms with van der Waals surface area (Å²) in [5, 5.41) is 8.97. The van der Waals surface area contributed by atoms with Crippen molar-refractivity contribution in [3.8, 4) is 5.75 Å². The first-order valence-corrected chi connectivity index (χ1v) is 13.5. The molecule has 1 heterocycles. The van der Waals surface area contributed by atoms with E-state index in [-0.39, 0.29) is 42.9 Å². The lowest BCUT2D eigenvalue weighted by molar-refractivity contribution is -0.756. The van der Waals surface area contributed by atoms with Crippen LogP contribution < -0.4 is 4.74 Å². The maximum Gasteiger partial charge on any atom is 0.511 e. The molecule has 1 aromatic rings. The summed E-state index contributed by atoms with van der Waals surface area (Å²) < 4.78 is 126. The summed E-state index contributed by atoms with van der Waals surface area (Å²) in [5.74, 6) is -2.27. The number of aryl methyl sites for hydroxylation is 1. The molecule has 0 amide bonds. The lowest BCUT2D eigenvalue weighted by Crippen LogP contribution is -2.41. The average molecular weight is 621 g/mol. The van der Waals surface area contributed by atoms with Crippen molar-refractivity contribution in [3.63, 3.8) is 0 Å². The van der Waals surface area contributed by atoms with Crippen molar-refractivity contribution < 1.29 is 71.1 Å². The van der Waals surface area contributed by atoms with Gasteiger partial charge in [0.25, 0.3) is 5.09 Å². The quantitative estimate of drug-likeness (QED) is 0.0665. The number of fused-ring (bicyclic) bond motifs is 1. The summed E-state index contributed by atoms with van der Waals surface area (Å²) in [6.07, 6.45) is -9.86. The number of alkyl halides is 3. The number of hydrogen-bond acceptors (Lipinski definition) is 10. The van der Waals surface area contributed by atoms with Crippen LogP contribution in [0.3, 0.4) is 0 Å². The molecule has 0 bridgehead atoms. The molecule has 222 valence electrons. The van der Waals surface area contributed by atoms with Gasteiger partial charge >= 0.3 is 28.5 Å². The highest BCUT2D eigenvalue weighted by molar-refractivity contribution is 8.45. The molecule has 2 rings (SSSR count). The van der Waals surface area contributed by atoms with E-state index in [1.54, 1.807) is 0 Å². The van der Waals surface area contributed by atoms with Crippen LogP contribution in [0.25, 0.3) is 6.08 Å². The van der Waals surface area contributed by atoms with Gasteiger partial charge in [0.1, 0.15) is 23.9 Å². The van der Waals surface area contributed by atoms with E-state index in [9.17, 15) is 52.3 Å². The Morgan fingerprint density at radius 1 is 1.08 bits per heavy atom. The molecule has 0 N–H and O–H groups in total. The van der Waals surface area contributed by atoms with Crippen LogP contribution in [0.5, 0.6) is 5.75 Å². The zero-order valence-electron chi connectivity index (χ0n) is 19.5. The number of ether oxygens (including phenoxy) is 4. The largest absolute Gasteiger partial charge is 0.511 e. The molecule has 0 saturated carbocycles. The van der Waals surface area contributed by atoms with E-state index >= 15 is 0 Å². The smallest absolute Gasteiger partial charge is 0.475 e. The van der Waals surface area contributed by atoms with E-state index in [2.05, 4.69) is 19.0 Å². The number of carbonyl (C=O) groups is 2. The number of carbonyl (C=O) groups excluding carboxylic acids is 2. The van der Waals surface area contributed by atoms with Gasteiger partial charge < -0.3 is 23.8 Å². The minimum atomic E-state index is -10.3. The van der Waals surface area contributed by atoms with Crippen LogP contribution in [0.2, 0.25) is 0 Å². The van der Waals surface area contributed by atoms with Crippen LogP contribution >= 0.6 is 22.0 Å². The molecular formula is C19H19F8NO9S2. The molecule has 0 aromatic heterocycles. The van der Waals surface area contributed by atoms with Crippen molar-refractivity contribution in [3.05, 3.63) is 38.9 Å². The molecule has 1 aromatic carbocycles. The van der Waals surface area contributed by atoms with Gasteiger partial charge in [0.05, 0.1) is 5.57 Å². The van der Waals surface area contributed by atoms with Gasteiger partial charge in [0, 0.05) is 17.1 Å². The molecule has 0 spiro atoms. The van der Waals surface area contributed by atoms with Crippen LogP contribution in [-0.2, 0) is 30.3 Å². The SMILES string of the molecule is CCc1cc(S(F)(F)(F)(F)F)cc2c1O[C@H](C(F)(F)F)C(C(=O)OCOC(=O)OCCSCCO[N+](=O)[O-])=C2. The molecule has 1 aliphatic heterocycles. The fourth-order valence-corrected chi connectivity index (χ4v) is 4.28. The Balaban J connectivity index is 2.10. The average Bonchev–Trinajstić information content (AvgIpc) is 2.79. The summed E-state index contributed by atoms with van der Waals surface area (Å²) in [6, 6.07) is -0.144. The number of nitrogens with zero attached hydrogens (tertiary/aromatic N) is 1. The maximum atomic E-state index is 13.6. The molecule has 0 radical (unpaired) electrons. The van der Waals surface area contributed by atoms with Crippen molar-refractivity contribution in [1.82, 2.24) is 0 Å². The van der Waals surface area contributed by atoms with Gasteiger partial charge in [-0.1, -0.05) is 26.4 Å². The molecule has 39 heavy (non-hydrogen) atoms. The van der Waals surface area contributed by atoms with Crippen molar-refractivity contribution in [2.45, 2.75) is 30.5 Å². The predicted octanol–water partition coefficient (Wildman–Crippen LogP) is 6.21. The van der Waals surface area contributed by atoms with Crippen LogP contribution in [-0.4, -0.2) is 61.0 Å². The number of esters is 1.